The van der Waals surface area contributed by atoms with Crippen LogP contribution in [0.25, 0.3) is 11.0 Å². The van der Waals surface area contributed by atoms with Crippen LogP contribution in [0.1, 0.15) is 88.1 Å². The molecule has 1 heterocycles. The summed E-state index contributed by atoms with van der Waals surface area (Å²) in [6.07, 6.45) is 3.39. The second-order valence-electron chi connectivity index (χ2n) is 12.1. The number of nitrogens with zero attached hydrogens (tertiary/aromatic N) is 3. The molecule has 40 heavy (non-hydrogen) atoms. The van der Waals surface area contributed by atoms with Gasteiger partial charge in [0.1, 0.15) is 5.82 Å². The Labute approximate surface area is 247 Å². The van der Waals surface area contributed by atoms with Crippen LogP contribution in [0.15, 0.2) is 24.3 Å². The number of rotatable bonds is 10. The molecule has 2 amide bonds. The number of aromatic nitrogens is 2. The molecule has 1 saturated carbocycles. The third-order valence-corrected chi connectivity index (χ3v) is 8.57. The number of amides is 2. The molecular formula is C31H41Cl2N5O2. The maximum atomic E-state index is 13.1. The van der Waals surface area contributed by atoms with Crippen LogP contribution in [0.4, 0.5) is 5.69 Å². The summed E-state index contributed by atoms with van der Waals surface area (Å²) in [5.41, 5.74) is 4.30. The minimum Gasteiger partial charge on any atom is -0.374 e. The van der Waals surface area contributed by atoms with Crippen molar-refractivity contribution in [2.45, 2.75) is 79.3 Å². The molecule has 7 nitrogen and oxygen atoms in total. The number of hydrogen-bond donors (Lipinski definition) is 2. The van der Waals surface area contributed by atoms with Gasteiger partial charge in [-0.1, -0.05) is 57.0 Å². The zero-order valence-corrected chi connectivity index (χ0v) is 26.2. The molecule has 0 atom stereocenters. The number of benzene rings is 2. The lowest BCUT2D eigenvalue weighted by Crippen LogP contribution is -2.34. The first-order valence-corrected chi connectivity index (χ1v) is 14.9. The van der Waals surface area contributed by atoms with Gasteiger partial charge in [-0.25, -0.2) is 4.98 Å². The van der Waals surface area contributed by atoms with Gasteiger partial charge in [-0.2, -0.15) is 0 Å². The lowest BCUT2D eigenvalue weighted by Gasteiger charge is -2.22. The molecule has 9 heteroatoms. The second-order valence-corrected chi connectivity index (χ2v) is 12.9. The molecule has 0 saturated heterocycles. The lowest BCUT2D eigenvalue weighted by atomic mass is 9.95. The van der Waals surface area contributed by atoms with Gasteiger partial charge in [0.25, 0.3) is 5.91 Å². The molecule has 1 aliphatic rings. The SMILES string of the molecule is CCCNC(=O)c1cc2nc(Cc3c(Cl)ccc(CNC(=O)C(C)(C)C)c3Cl)n(C3(C)CC3)c2cc1N(C)CC. The monoisotopic (exact) mass is 585 g/mol. The Hall–Kier alpha value is -2.77. The van der Waals surface area contributed by atoms with E-state index < -0.39 is 5.41 Å². The number of carbonyl (C=O) groups excluding carboxylic acids is 2. The fourth-order valence-electron chi connectivity index (χ4n) is 4.83. The Bertz CT molecular complexity index is 1440. The molecule has 3 aromatic rings. The van der Waals surface area contributed by atoms with Crippen LogP contribution in [0.5, 0.6) is 0 Å². The quantitative estimate of drug-likeness (QED) is 0.277. The van der Waals surface area contributed by atoms with Gasteiger partial charge in [-0.05, 0) is 62.4 Å². The lowest BCUT2D eigenvalue weighted by molar-refractivity contribution is -0.128. The first-order chi connectivity index (χ1) is 18.8. The number of anilines is 1. The number of fused-ring (bicyclic) bond motifs is 1. The predicted molar refractivity (Wildman–Crippen MR) is 165 cm³/mol. The Morgan fingerprint density at radius 2 is 1.82 bits per heavy atom. The highest BCUT2D eigenvalue weighted by molar-refractivity contribution is 6.36. The maximum absolute atomic E-state index is 13.1. The molecule has 0 aliphatic heterocycles. The Balaban J connectivity index is 1.79. The van der Waals surface area contributed by atoms with E-state index in [1.54, 1.807) is 0 Å². The summed E-state index contributed by atoms with van der Waals surface area (Å²) in [6.45, 7) is 13.7. The zero-order chi connectivity index (χ0) is 29.4. The van der Waals surface area contributed by atoms with Crippen molar-refractivity contribution in [2.75, 3.05) is 25.0 Å². The summed E-state index contributed by atoms with van der Waals surface area (Å²) >= 11 is 13.6. The van der Waals surface area contributed by atoms with Crippen LogP contribution in [0.2, 0.25) is 10.0 Å². The molecule has 4 rings (SSSR count). The molecular weight excluding hydrogens is 545 g/mol. The van der Waals surface area contributed by atoms with Crippen LogP contribution in [-0.2, 0) is 23.3 Å². The van der Waals surface area contributed by atoms with E-state index in [0.29, 0.717) is 35.1 Å². The van der Waals surface area contributed by atoms with Crippen LogP contribution < -0.4 is 15.5 Å². The largest absolute Gasteiger partial charge is 0.374 e. The van der Waals surface area contributed by atoms with Gasteiger partial charge in [-0.15, -0.1) is 0 Å². The van der Waals surface area contributed by atoms with Crippen molar-refractivity contribution in [3.8, 4) is 0 Å². The van der Waals surface area contributed by atoms with Crippen LogP contribution in [-0.4, -0.2) is 41.5 Å². The van der Waals surface area contributed by atoms with Crippen molar-refractivity contribution in [3.63, 3.8) is 0 Å². The second kappa shape index (κ2) is 11.6. The third-order valence-electron chi connectivity index (χ3n) is 7.74. The van der Waals surface area contributed by atoms with E-state index >= 15 is 0 Å². The van der Waals surface area contributed by atoms with Gasteiger partial charge < -0.3 is 20.1 Å². The first-order valence-electron chi connectivity index (χ1n) is 14.1. The van der Waals surface area contributed by atoms with Crippen LogP contribution in [0.3, 0.4) is 0 Å². The van der Waals surface area contributed by atoms with Gasteiger partial charge >= 0.3 is 0 Å². The number of halogens is 2. The minimum absolute atomic E-state index is 0.0462. The fourth-order valence-corrected chi connectivity index (χ4v) is 5.40. The summed E-state index contributed by atoms with van der Waals surface area (Å²) in [7, 11) is 2.00. The van der Waals surface area contributed by atoms with Crippen molar-refractivity contribution >= 4 is 51.7 Å². The van der Waals surface area contributed by atoms with Crippen molar-refractivity contribution in [1.82, 2.24) is 20.2 Å². The van der Waals surface area contributed by atoms with E-state index in [0.717, 1.165) is 59.5 Å². The van der Waals surface area contributed by atoms with Gasteiger partial charge in [0, 0.05) is 49.1 Å². The molecule has 1 aliphatic carbocycles. The van der Waals surface area contributed by atoms with Crippen LogP contribution in [0, 0.1) is 5.41 Å². The summed E-state index contributed by atoms with van der Waals surface area (Å²) in [5.74, 6) is 0.713. The average molecular weight is 587 g/mol. The molecule has 0 bridgehead atoms. The van der Waals surface area contributed by atoms with Crippen molar-refractivity contribution in [3.05, 3.63) is 56.8 Å². The molecule has 1 aromatic heterocycles. The normalized spacial score (nSPS) is 14.3. The van der Waals surface area contributed by atoms with Crippen molar-refractivity contribution in [2.24, 2.45) is 5.41 Å². The van der Waals surface area contributed by atoms with E-state index in [2.05, 4.69) is 40.0 Å². The van der Waals surface area contributed by atoms with Crippen molar-refractivity contribution in [1.29, 1.82) is 0 Å². The Morgan fingerprint density at radius 3 is 2.42 bits per heavy atom. The summed E-state index contributed by atoms with van der Waals surface area (Å²) in [5, 5.41) is 7.09. The summed E-state index contributed by atoms with van der Waals surface area (Å²) in [4.78, 5) is 32.8. The Morgan fingerprint density at radius 1 is 1.12 bits per heavy atom. The van der Waals surface area contributed by atoms with Gasteiger partial charge in [0.15, 0.2) is 0 Å². The van der Waals surface area contributed by atoms with E-state index in [4.69, 9.17) is 28.2 Å². The molecule has 0 spiro atoms. The smallest absolute Gasteiger partial charge is 0.253 e. The predicted octanol–water partition coefficient (Wildman–Crippen LogP) is 6.70. The highest BCUT2D eigenvalue weighted by Crippen LogP contribution is 2.47. The topological polar surface area (TPSA) is 79.3 Å². The molecule has 2 aromatic carbocycles. The van der Waals surface area contributed by atoms with Crippen LogP contribution >= 0.6 is 23.2 Å². The zero-order valence-electron chi connectivity index (χ0n) is 24.7. The van der Waals surface area contributed by atoms with Crippen molar-refractivity contribution < 1.29 is 9.59 Å². The molecule has 0 radical (unpaired) electrons. The van der Waals surface area contributed by atoms with E-state index in [1.165, 1.54) is 0 Å². The Kier molecular flexibility index (Phi) is 8.77. The summed E-state index contributed by atoms with van der Waals surface area (Å²) < 4.78 is 2.31. The highest BCUT2D eigenvalue weighted by Gasteiger charge is 2.42. The van der Waals surface area contributed by atoms with Gasteiger partial charge in [-0.3, -0.25) is 9.59 Å². The fraction of sp³-hybridized carbons (Fsp3) is 0.516. The first kappa shape index (κ1) is 30.2. The number of carbonyl (C=O) groups is 2. The van der Waals surface area contributed by atoms with Gasteiger partial charge in [0.2, 0.25) is 5.91 Å². The third kappa shape index (κ3) is 6.10. The summed E-state index contributed by atoms with van der Waals surface area (Å²) in [6, 6.07) is 7.70. The van der Waals surface area contributed by atoms with Gasteiger partial charge in [0.05, 0.1) is 27.3 Å². The van der Waals surface area contributed by atoms with E-state index in [1.807, 2.05) is 52.9 Å². The standard InChI is InChI=1S/C31H41Cl2N5O2/c1-8-14-34-28(39)21-15-23-25(17-24(21)37(7)9-2)38(31(6)12-13-31)26(36-23)16-20-22(32)11-10-19(27(20)33)18-35-29(40)30(3,4)5/h10-11,15,17H,8-9,12-14,16,18H2,1-7H3,(H,34,39)(H,35,40). The number of nitrogens with one attached hydrogen (secondary N) is 2. The molecule has 216 valence electrons. The molecule has 1 fully saturated rings. The minimum atomic E-state index is -0.497. The van der Waals surface area contributed by atoms with E-state index in [9.17, 15) is 9.59 Å². The van der Waals surface area contributed by atoms with E-state index in [-0.39, 0.29) is 17.4 Å². The average Bonchev–Trinajstić information content (AvgIpc) is 3.54. The number of imidazole rings is 1. The highest BCUT2D eigenvalue weighted by atomic mass is 35.5. The molecule has 2 N–H and O–H groups in total. The maximum Gasteiger partial charge on any atom is 0.253 e. The number of hydrogen-bond acceptors (Lipinski definition) is 4. The molecule has 0 unspecified atom stereocenters.